The summed E-state index contributed by atoms with van der Waals surface area (Å²) in [5.74, 6) is -11.7. The molecule has 2 saturated carbocycles. The van der Waals surface area contributed by atoms with Gasteiger partial charge in [0.15, 0.2) is 34.7 Å². The van der Waals surface area contributed by atoms with E-state index in [0.717, 1.165) is 17.6 Å². The van der Waals surface area contributed by atoms with Crippen molar-refractivity contribution in [3.63, 3.8) is 0 Å². The van der Waals surface area contributed by atoms with E-state index in [-0.39, 0.29) is 17.7 Å². The number of phenols is 1. The van der Waals surface area contributed by atoms with E-state index in [2.05, 4.69) is 6.58 Å². The van der Waals surface area contributed by atoms with Gasteiger partial charge in [-0.2, -0.15) is 0 Å². The monoisotopic (exact) mass is 594 g/mol. The molecule has 8 atom stereocenters. The number of primary amides is 1. The Morgan fingerprint density at radius 1 is 1.12 bits per heavy atom. The van der Waals surface area contributed by atoms with Crippen LogP contribution in [0.15, 0.2) is 18.2 Å². The van der Waals surface area contributed by atoms with Crippen LogP contribution in [0.1, 0.15) is 93.8 Å². The van der Waals surface area contributed by atoms with Gasteiger partial charge in [-0.1, -0.05) is 66.2 Å². The molecule has 43 heavy (non-hydrogen) atoms. The number of amides is 1. The van der Waals surface area contributed by atoms with E-state index in [9.17, 15) is 34.2 Å². The number of Topliss-reactive ketones (excluding diaryl/α,β-unsaturated/α-hetero) is 4. The summed E-state index contributed by atoms with van der Waals surface area (Å²) in [7, 11) is 3.19. The minimum Gasteiger partial charge on any atom is -0.507 e. The topological polar surface area (TPSA) is 155 Å². The SMILES string of the molecule is C=C(CC)C[C@H]1[C@H]2C(C(=O)c3c(O)c(C(C)(C)C)cc(CCC)c3[C@@H]2C)C(=O)[C@]2(O)C(=O)C(C(N)=O)C(=O)C(N(C)C)[C@H]12. The van der Waals surface area contributed by atoms with Crippen LogP contribution in [0.2, 0.25) is 0 Å². The van der Waals surface area contributed by atoms with Gasteiger partial charge in [-0.05, 0) is 67.7 Å². The number of aliphatic hydroxyl groups is 1. The second-order valence-electron chi connectivity index (χ2n) is 14.1. The number of nitrogens with zero attached hydrogens (tertiary/aromatic N) is 1. The predicted octanol–water partition coefficient (Wildman–Crippen LogP) is 3.26. The number of carbonyl (C=O) groups excluding carboxylic acids is 5. The maximum absolute atomic E-state index is 14.6. The van der Waals surface area contributed by atoms with Crippen molar-refractivity contribution in [2.45, 2.75) is 90.2 Å². The second-order valence-corrected chi connectivity index (χ2v) is 14.1. The molecule has 1 amide bonds. The predicted molar refractivity (Wildman–Crippen MR) is 162 cm³/mol. The lowest BCUT2D eigenvalue weighted by atomic mass is 9.45. The molecule has 0 radical (unpaired) electrons. The average molecular weight is 595 g/mol. The summed E-state index contributed by atoms with van der Waals surface area (Å²) in [6, 6.07) is 0.770. The van der Waals surface area contributed by atoms with Gasteiger partial charge in [0.2, 0.25) is 5.91 Å². The van der Waals surface area contributed by atoms with Gasteiger partial charge in [-0.3, -0.25) is 28.9 Å². The quantitative estimate of drug-likeness (QED) is 0.321. The summed E-state index contributed by atoms with van der Waals surface area (Å²) in [6.07, 6.45) is 2.26. The first-order valence-corrected chi connectivity index (χ1v) is 15.3. The van der Waals surface area contributed by atoms with Crippen molar-refractivity contribution in [1.29, 1.82) is 0 Å². The number of hydrogen-bond acceptors (Lipinski definition) is 8. The normalized spacial score (nSPS) is 32.4. The second kappa shape index (κ2) is 11.1. The third-order valence-electron chi connectivity index (χ3n) is 10.2. The van der Waals surface area contributed by atoms with Crippen LogP contribution in [0.3, 0.4) is 0 Å². The molecule has 0 bridgehead atoms. The smallest absolute Gasteiger partial charge is 0.235 e. The van der Waals surface area contributed by atoms with Gasteiger partial charge in [-0.25, -0.2) is 0 Å². The van der Waals surface area contributed by atoms with Crippen molar-refractivity contribution >= 4 is 29.0 Å². The number of likely N-dealkylation sites (N-methyl/N-ethyl adjacent to an activating group) is 1. The van der Waals surface area contributed by atoms with E-state index in [1.807, 2.05) is 47.6 Å². The third-order valence-corrected chi connectivity index (χ3v) is 10.2. The zero-order chi connectivity index (χ0) is 32.5. The number of hydrogen-bond donors (Lipinski definition) is 3. The molecule has 9 heteroatoms. The lowest BCUT2D eigenvalue weighted by molar-refractivity contribution is -0.189. The summed E-state index contributed by atoms with van der Waals surface area (Å²) >= 11 is 0. The van der Waals surface area contributed by atoms with E-state index < -0.39 is 81.6 Å². The van der Waals surface area contributed by atoms with Crippen molar-refractivity contribution in [1.82, 2.24) is 4.90 Å². The molecule has 0 spiro atoms. The molecule has 3 aliphatic carbocycles. The lowest BCUT2D eigenvalue weighted by Crippen LogP contribution is -2.76. The Bertz CT molecular complexity index is 1420. The number of allylic oxidation sites excluding steroid dienone is 1. The molecule has 4 N–H and O–H groups in total. The van der Waals surface area contributed by atoms with Crippen molar-refractivity contribution in [2.24, 2.45) is 35.3 Å². The Kier molecular flexibility index (Phi) is 8.43. The van der Waals surface area contributed by atoms with E-state index in [0.29, 0.717) is 24.0 Å². The fourth-order valence-electron chi connectivity index (χ4n) is 8.27. The van der Waals surface area contributed by atoms with Crippen LogP contribution in [-0.2, 0) is 31.0 Å². The fourth-order valence-corrected chi connectivity index (χ4v) is 8.27. The number of aryl methyl sites for hydroxylation is 1. The first kappa shape index (κ1) is 32.7. The molecule has 3 unspecified atom stereocenters. The summed E-state index contributed by atoms with van der Waals surface area (Å²) in [4.78, 5) is 70.8. The van der Waals surface area contributed by atoms with Gasteiger partial charge in [0, 0.05) is 11.5 Å². The zero-order valence-electron chi connectivity index (χ0n) is 26.6. The van der Waals surface area contributed by atoms with Gasteiger partial charge in [0.05, 0.1) is 17.5 Å². The van der Waals surface area contributed by atoms with Gasteiger partial charge in [0.25, 0.3) is 0 Å². The molecule has 9 nitrogen and oxygen atoms in total. The first-order valence-electron chi connectivity index (χ1n) is 15.3. The maximum atomic E-state index is 14.6. The van der Waals surface area contributed by atoms with Crippen LogP contribution in [0, 0.1) is 29.6 Å². The summed E-state index contributed by atoms with van der Waals surface area (Å²) in [5, 5.41) is 23.9. The van der Waals surface area contributed by atoms with Gasteiger partial charge in [0.1, 0.15) is 5.75 Å². The van der Waals surface area contributed by atoms with Crippen LogP contribution in [0.5, 0.6) is 5.75 Å². The van der Waals surface area contributed by atoms with E-state index in [1.165, 1.54) is 4.90 Å². The van der Waals surface area contributed by atoms with Gasteiger partial charge >= 0.3 is 0 Å². The number of fused-ring (bicyclic) bond motifs is 3. The first-order chi connectivity index (χ1) is 19.9. The van der Waals surface area contributed by atoms with Crippen molar-refractivity contribution in [2.75, 3.05) is 14.1 Å². The fraction of sp³-hybridized carbons (Fsp3) is 0.618. The zero-order valence-corrected chi connectivity index (χ0v) is 26.6. The van der Waals surface area contributed by atoms with E-state index >= 15 is 0 Å². The lowest BCUT2D eigenvalue weighted by Gasteiger charge is -2.58. The van der Waals surface area contributed by atoms with Crippen molar-refractivity contribution in [3.05, 3.63) is 40.5 Å². The highest BCUT2D eigenvalue weighted by atomic mass is 16.3. The van der Waals surface area contributed by atoms with E-state index in [4.69, 9.17) is 5.73 Å². The van der Waals surface area contributed by atoms with Crippen LogP contribution in [0.4, 0.5) is 0 Å². The number of rotatable bonds is 7. The molecule has 1 aromatic carbocycles. The Morgan fingerprint density at radius 2 is 1.72 bits per heavy atom. The van der Waals surface area contributed by atoms with E-state index in [1.54, 1.807) is 14.1 Å². The number of phenolic OH excluding ortho intramolecular Hbond substituents is 1. The van der Waals surface area contributed by atoms with Crippen LogP contribution in [-0.4, -0.2) is 69.9 Å². The molecule has 0 aliphatic heterocycles. The van der Waals surface area contributed by atoms with Crippen LogP contribution < -0.4 is 5.73 Å². The summed E-state index contributed by atoms with van der Waals surface area (Å²) in [5.41, 5.74) is 5.18. The highest BCUT2D eigenvalue weighted by Gasteiger charge is 2.72. The Balaban J connectivity index is 2.09. The van der Waals surface area contributed by atoms with Gasteiger partial charge < -0.3 is 15.9 Å². The summed E-state index contributed by atoms with van der Waals surface area (Å²) in [6.45, 7) is 15.8. The van der Waals surface area contributed by atoms with Crippen LogP contribution >= 0.6 is 0 Å². The average Bonchev–Trinajstić information content (AvgIpc) is 2.90. The molecule has 0 aromatic heterocycles. The Labute approximate surface area is 253 Å². The highest BCUT2D eigenvalue weighted by molar-refractivity contribution is 6.32. The minimum absolute atomic E-state index is 0.0584. The minimum atomic E-state index is -2.81. The molecular formula is C34H46N2O7. The Hall–Kier alpha value is -3.17. The molecule has 0 heterocycles. The maximum Gasteiger partial charge on any atom is 0.235 e. The molecule has 3 aliphatic rings. The van der Waals surface area contributed by atoms with Crippen molar-refractivity contribution < 1.29 is 34.2 Å². The molecule has 4 rings (SSSR count). The third kappa shape index (κ3) is 4.70. The van der Waals surface area contributed by atoms with Crippen LogP contribution in [0.25, 0.3) is 0 Å². The van der Waals surface area contributed by atoms with Crippen molar-refractivity contribution in [3.8, 4) is 5.75 Å². The van der Waals surface area contributed by atoms with Gasteiger partial charge in [-0.15, -0.1) is 0 Å². The number of aromatic hydroxyl groups is 1. The largest absolute Gasteiger partial charge is 0.507 e. The highest BCUT2D eigenvalue weighted by Crippen LogP contribution is 2.59. The number of benzene rings is 1. The number of ketones is 4. The molecular weight excluding hydrogens is 548 g/mol. The molecule has 234 valence electrons. The number of nitrogens with two attached hydrogens (primary N) is 1. The standard InChI is InChI=1S/C34H46N2O7/c1-10-12-17-14-19(33(5,6)7)27(37)22-20(17)16(4)21-18(13-15(3)11-2)25-26(36(8)9)29(39)24(32(35)42)31(41)34(25,43)30(40)23(21)28(22)38/h14,16,18,21,23-26,37,43H,3,10-13H2,1-2,4-9H3,(H2,35,42)/t16-,18-,21-,23?,24?,25-,26?,34-/m0/s1. The number of carbonyl (C=O) groups is 5. The Morgan fingerprint density at radius 3 is 2.21 bits per heavy atom. The molecule has 0 saturated heterocycles. The molecule has 2 fully saturated rings. The molecule has 1 aromatic rings. The summed E-state index contributed by atoms with van der Waals surface area (Å²) < 4.78 is 0.